The molecule has 3 heteroatoms. The van der Waals surface area contributed by atoms with Gasteiger partial charge >= 0.3 is 0 Å². The molecule has 3 nitrogen and oxygen atoms in total. The number of aliphatic hydroxyl groups is 1. The van der Waals surface area contributed by atoms with E-state index in [9.17, 15) is 4.79 Å². The smallest absolute Gasteiger partial charge is 0.221 e. The van der Waals surface area contributed by atoms with E-state index < -0.39 is 0 Å². The van der Waals surface area contributed by atoms with Crippen molar-refractivity contribution in [3.8, 4) is 0 Å². The molecule has 51 valence electrons. The average molecular weight is 128 g/mol. The van der Waals surface area contributed by atoms with Crippen molar-refractivity contribution < 1.29 is 9.90 Å². The first kappa shape index (κ1) is 6.55. The van der Waals surface area contributed by atoms with E-state index in [2.05, 4.69) is 0 Å². The van der Waals surface area contributed by atoms with E-state index >= 15 is 0 Å². The Kier molecular flexibility index (Phi) is 1.71. The topological polar surface area (TPSA) is 63.3 Å². The summed E-state index contributed by atoms with van der Waals surface area (Å²) in [6.07, 6.45) is 2.66. The lowest BCUT2D eigenvalue weighted by Gasteiger charge is -2.29. The molecule has 0 aromatic heterocycles. The van der Waals surface area contributed by atoms with Gasteiger partial charge in [0.05, 0.1) is 12.5 Å². The van der Waals surface area contributed by atoms with Crippen molar-refractivity contribution in [2.75, 3.05) is 0 Å². The van der Waals surface area contributed by atoms with Crippen LogP contribution >= 0.6 is 0 Å². The lowest BCUT2D eigenvalue weighted by atomic mass is 9.80. The molecule has 0 aliphatic heterocycles. The fraction of sp³-hybridized carbons (Fsp3) is 0.667. The van der Waals surface area contributed by atoms with Gasteiger partial charge in [-0.1, -0.05) is 0 Å². The Morgan fingerprint density at radius 3 is 2.56 bits per heavy atom. The standard InChI is InChI=1S/C6H10NO2/c7-6(9)3-4-1-5(8)2-4/h3-5,8H,1-2H2,(H2,7,9)/t4-,5+. The van der Waals surface area contributed by atoms with Gasteiger partial charge in [0.2, 0.25) is 5.91 Å². The molecule has 1 aliphatic rings. The number of rotatable bonds is 2. The highest BCUT2D eigenvalue weighted by atomic mass is 16.3. The van der Waals surface area contributed by atoms with Gasteiger partial charge in [-0.3, -0.25) is 4.79 Å². The highest BCUT2D eigenvalue weighted by Crippen LogP contribution is 2.28. The van der Waals surface area contributed by atoms with E-state index in [4.69, 9.17) is 10.8 Å². The first-order valence-corrected chi connectivity index (χ1v) is 3.01. The predicted octanol–water partition coefficient (Wildman–Crippen LogP) is -0.553. The molecule has 0 unspecified atom stereocenters. The summed E-state index contributed by atoms with van der Waals surface area (Å²) in [7, 11) is 0. The molecule has 1 amide bonds. The number of primary amides is 1. The Labute approximate surface area is 53.9 Å². The molecule has 3 N–H and O–H groups in total. The monoisotopic (exact) mass is 128 g/mol. The van der Waals surface area contributed by atoms with Gasteiger partial charge < -0.3 is 10.8 Å². The van der Waals surface area contributed by atoms with Crippen molar-refractivity contribution in [3.05, 3.63) is 6.42 Å². The molecule has 0 aromatic carbocycles. The summed E-state index contributed by atoms with van der Waals surface area (Å²) in [5.41, 5.74) is 4.87. The summed E-state index contributed by atoms with van der Waals surface area (Å²) < 4.78 is 0. The van der Waals surface area contributed by atoms with Crippen LogP contribution in [0.2, 0.25) is 0 Å². The van der Waals surface area contributed by atoms with Crippen LogP contribution in [0.4, 0.5) is 0 Å². The maximum absolute atomic E-state index is 10.2. The van der Waals surface area contributed by atoms with Crippen molar-refractivity contribution in [1.82, 2.24) is 0 Å². The molecular formula is C6H10NO2. The molecule has 1 saturated carbocycles. The van der Waals surface area contributed by atoms with Gasteiger partial charge in [0.1, 0.15) is 0 Å². The van der Waals surface area contributed by atoms with Crippen LogP contribution in [0.3, 0.4) is 0 Å². The molecule has 0 bridgehead atoms. The van der Waals surface area contributed by atoms with Gasteiger partial charge in [-0.25, -0.2) is 0 Å². The number of carbonyl (C=O) groups excluding carboxylic acids is 1. The van der Waals surface area contributed by atoms with Crippen LogP contribution < -0.4 is 5.73 Å². The molecule has 1 aliphatic carbocycles. The maximum Gasteiger partial charge on any atom is 0.221 e. The largest absolute Gasteiger partial charge is 0.393 e. The number of carbonyl (C=O) groups is 1. The third kappa shape index (κ3) is 1.68. The Morgan fingerprint density at radius 2 is 2.22 bits per heavy atom. The highest BCUT2D eigenvalue weighted by molar-refractivity contribution is 5.83. The Morgan fingerprint density at radius 1 is 1.67 bits per heavy atom. The third-order valence-electron chi connectivity index (χ3n) is 1.55. The molecule has 0 heterocycles. The van der Waals surface area contributed by atoms with Crippen LogP contribution in [-0.4, -0.2) is 17.1 Å². The van der Waals surface area contributed by atoms with Crippen LogP contribution in [0.15, 0.2) is 0 Å². The van der Waals surface area contributed by atoms with Crippen LogP contribution in [0.25, 0.3) is 0 Å². The number of amides is 1. The van der Waals surface area contributed by atoms with Crippen LogP contribution in [0, 0.1) is 12.3 Å². The van der Waals surface area contributed by atoms with Crippen LogP contribution in [0.1, 0.15) is 12.8 Å². The fourth-order valence-corrected chi connectivity index (χ4v) is 0.998. The van der Waals surface area contributed by atoms with Crippen LogP contribution in [-0.2, 0) is 4.79 Å². The van der Waals surface area contributed by atoms with Gasteiger partial charge in [-0.2, -0.15) is 0 Å². The molecule has 0 spiro atoms. The zero-order valence-electron chi connectivity index (χ0n) is 5.08. The molecule has 0 saturated heterocycles. The van der Waals surface area contributed by atoms with Crippen molar-refractivity contribution in [3.63, 3.8) is 0 Å². The Hall–Kier alpha value is -0.570. The van der Waals surface area contributed by atoms with Crippen LogP contribution in [0.5, 0.6) is 0 Å². The summed E-state index contributed by atoms with van der Waals surface area (Å²) in [4.78, 5) is 10.2. The van der Waals surface area contributed by atoms with Crippen molar-refractivity contribution in [2.45, 2.75) is 18.9 Å². The van der Waals surface area contributed by atoms with E-state index in [1.165, 1.54) is 6.42 Å². The lowest BCUT2D eigenvalue weighted by molar-refractivity contribution is -0.116. The maximum atomic E-state index is 10.2. The minimum absolute atomic E-state index is 0.203. The van der Waals surface area contributed by atoms with E-state index in [0.717, 1.165) is 0 Å². The van der Waals surface area contributed by atoms with Crippen molar-refractivity contribution in [2.24, 2.45) is 11.7 Å². The molecule has 1 radical (unpaired) electrons. The summed E-state index contributed by atoms with van der Waals surface area (Å²) in [5, 5.41) is 8.76. The molecule has 9 heavy (non-hydrogen) atoms. The summed E-state index contributed by atoms with van der Waals surface area (Å²) in [6.45, 7) is 0. The second kappa shape index (κ2) is 2.35. The quantitative estimate of drug-likeness (QED) is 0.524. The van der Waals surface area contributed by atoms with E-state index in [1.54, 1.807) is 0 Å². The van der Waals surface area contributed by atoms with Gasteiger partial charge in [0.15, 0.2) is 0 Å². The molecular weight excluding hydrogens is 118 g/mol. The third-order valence-corrected chi connectivity index (χ3v) is 1.55. The average Bonchev–Trinajstić information content (AvgIpc) is 1.60. The van der Waals surface area contributed by atoms with Gasteiger partial charge in [0, 0.05) is 0 Å². The Balaban J connectivity index is 2.11. The highest BCUT2D eigenvalue weighted by Gasteiger charge is 2.28. The molecule has 0 atom stereocenters. The number of aliphatic hydroxyl groups excluding tert-OH is 1. The minimum Gasteiger partial charge on any atom is -0.393 e. The summed E-state index contributed by atoms with van der Waals surface area (Å²) >= 11 is 0. The SMILES string of the molecule is NC(=O)[CH][C@H]1C[C@@H](O)C1. The second-order valence-corrected chi connectivity index (χ2v) is 2.45. The normalized spacial score (nSPS) is 33.4. The summed E-state index contributed by atoms with van der Waals surface area (Å²) in [5.74, 6) is -0.149. The number of nitrogens with two attached hydrogens (primary N) is 1. The minimum atomic E-state index is -0.382. The van der Waals surface area contributed by atoms with Gasteiger partial charge in [-0.05, 0) is 18.8 Å². The fourth-order valence-electron chi connectivity index (χ4n) is 0.998. The number of hydrogen-bond donors (Lipinski definition) is 2. The van der Waals surface area contributed by atoms with Gasteiger partial charge in [-0.15, -0.1) is 0 Å². The zero-order valence-corrected chi connectivity index (χ0v) is 5.08. The van der Waals surface area contributed by atoms with Gasteiger partial charge in [0.25, 0.3) is 0 Å². The van der Waals surface area contributed by atoms with E-state index in [1.807, 2.05) is 0 Å². The molecule has 1 fully saturated rings. The lowest BCUT2D eigenvalue weighted by Crippen LogP contribution is -2.32. The Bertz CT molecular complexity index is 118. The number of hydrogen-bond acceptors (Lipinski definition) is 2. The predicted molar refractivity (Wildman–Crippen MR) is 32.2 cm³/mol. The zero-order chi connectivity index (χ0) is 6.85. The first-order chi connectivity index (χ1) is 4.18. The van der Waals surface area contributed by atoms with Crippen molar-refractivity contribution in [1.29, 1.82) is 0 Å². The van der Waals surface area contributed by atoms with Crippen molar-refractivity contribution >= 4 is 5.91 Å². The molecule has 0 aromatic rings. The first-order valence-electron chi connectivity index (χ1n) is 3.01. The van der Waals surface area contributed by atoms with E-state index in [0.29, 0.717) is 12.8 Å². The summed E-state index contributed by atoms with van der Waals surface area (Å²) in [6, 6.07) is 0. The van der Waals surface area contributed by atoms with E-state index in [-0.39, 0.29) is 17.9 Å². The second-order valence-electron chi connectivity index (χ2n) is 2.45. The molecule has 1 rings (SSSR count).